The third-order valence-corrected chi connectivity index (χ3v) is 6.13. The van der Waals surface area contributed by atoms with Crippen molar-refractivity contribution in [1.29, 1.82) is 0 Å². The molecule has 7 nitrogen and oxygen atoms in total. The van der Waals surface area contributed by atoms with Gasteiger partial charge in [0.2, 0.25) is 0 Å². The molecule has 0 spiro atoms. The van der Waals surface area contributed by atoms with Gasteiger partial charge in [0.1, 0.15) is 0 Å². The van der Waals surface area contributed by atoms with Gasteiger partial charge in [-0.1, -0.05) is 47.5 Å². The first-order valence-corrected chi connectivity index (χ1v) is 11.0. The lowest BCUT2D eigenvalue weighted by Gasteiger charge is -2.40. The van der Waals surface area contributed by atoms with E-state index in [2.05, 4.69) is 75.6 Å². The Balaban J connectivity index is 1.59. The van der Waals surface area contributed by atoms with E-state index in [1.54, 1.807) is 7.11 Å². The molecular weight excluding hydrogens is 412 g/mol. The van der Waals surface area contributed by atoms with Crippen molar-refractivity contribution >= 4 is 17.3 Å². The molecule has 0 amide bonds. The third kappa shape index (κ3) is 4.89. The van der Waals surface area contributed by atoms with Gasteiger partial charge in [-0.3, -0.25) is 4.90 Å². The summed E-state index contributed by atoms with van der Waals surface area (Å²) in [4.78, 5) is 4.88. The van der Waals surface area contributed by atoms with E-state index in [-0.39, 0.29) is 6.04 Å². The molecule has 8 heteroatoms. The summed E-state index contributed by atoms with van der Waals surface area (Å²) in [5, 5.41) is 13.4. The molecule has 164 valence electrons. The fraction of sp³-hybridized carbons (Fsp3) is 0.435. The topological polar surface area (TPSA) is 59.3 Å². The lowest BCUT2D eigenvalue weighted by molar-refractivity contribution is 0.171. The Morgan fingerprint density at radius 1 is 1.03 bits per heavy atom. The highest BCUT2D eigenvalue weighted by atomic mass is 35.5. The van der Waals surface area contributed by atoms with E-state index in [4.69, 9.17) is 16.3 Å². The first-order valence-electron chi connectivity index (χ1n) is 10.6. The van der Waals surface area contributed by atoms with Gasteiger partial charge in [0, 0.05) is 44.0 Å². The van der Waals surface area contributed by atoms with Crippen molar-refractivity contribution in [2.45, 2.75) is 26.4 Å². The highest BCUT2D eigenvalue weighted by molar-refractivity contribution is 6.30. The molecule has 1 atom stereocenters. The van der Waals surface area contributed by atoms with Crippen molar-refractivity contribution in [3.05, 3.63) is 70.0 Å². The van der Waals surface area contributed by atoms with Gasteiger partial charge >= 0.3 is 0 Å². The number of rotatable bonds is 7. The number of aromatic nitrogens is 4. The second-order valence-corrected chi connectivity index (χ2v) is 8.46. The van der Waals surface area contributed by atoms with E-state index in [0.717, 1.165) is 37.0 Å². The lowest BCUT2D eigenvalue weighted by atomic mass is 10.0. The minimum absolute atomic E-state index is 0.00457. The molecule has 4 rings (SSSR count). The molecule has 1 saturated heterocycles. The maximum atomic E-state index is 6.26. The van der Waals surface area contributed by atoms with Crippen molar-refractivity contribution in [2.24, 2.45) is 0 Å². The number of hydrogen-bond acceptors (Lipinski definition) is 6. The summed E-state index contributed by atoms with van der Waals surface area (Å²) in [6, 6.07) is 14.8. The van der Waals surface area contributed by atoms with Crippen LogP contribution in [0.1, 0.15) is 28.6 Å². The smallest absolute Gasteiger partial charge is 0.173 e. The monoisotopic (exact) mass is 440 g/mol. The second-order valence-electron chi connectivity index (χ2n) is 8.02. The molecule has 1 aromatic heterocycles. The van der Waals surface area contributed by atoms with Crippen molar-refractivity contribution < 1.29 is 4.74 Å². The fourth-order valence-electron chi connectivity index (χ4n) is 4.16. The maximum absolute atomic E-state index is 6.26. The zero-order chi connectivity index (χ0) is 21.8. The number of halogens is 1. The van der Waals surface area contributed by atoms with Crippen LogP contribution in [0.4, 0.5) is 5.69 Å². The molecule has 2 heterocycles. The quantitative estimate of drug-likeness (QED) is 0.560. The molecule has 2 aromatic carbocycles. The number of nitrogens with zero attached hydrogens (tertiary/aromatic N) is 6. The summed E-state index contributed by atoms with van der Waals surface area (Å²) in [6.45, 7) is 9.09. The molecule has 0 bridgehead atoms. The van der Waals surface area contributed by atoms with Gasteiger partial charge in [-0.2, -0.15) is 0 Å². The summed E-state index contributed by atoms with van der Waals surface area (Å²) < 4.78 is 7.12. The van der Waals surface area contributed by atoms with Gasteiger partial charge in [-0.25, -0.2) is 4.68 Å². The van der Waals surface area contributed by atoms with E-state index in [1.807, 2.05) is 10.7 Å². The average molecular weight is 441 g/mol. The van der Waals surface area contributed by atoms with E-state index >= 15 is 0 Å². The Bertz CT molecular complexity index is 998. The number of tetrazole rings is 1. The SMILES string of the molecule is COCCn1nnnc1C(c1ccc(C)cc1)N1CCN(c2cc(Cl)ccc2C)CC1. The molecule has 1 aliphatic rings. The Morgan fingerprint density at radius 2 is 1.77 bits per heavy atom. The van der Waals surface area contributed by atoms with Crippen LogP contribution in [0.25, 0.3) is 0 Å². The summed E-state index contributed by atoms with van der Waals surface area (Å²) in [6.07, 6.45) is 0. The average Bonchev–Trinajstić information content (AvgIpc) is 3.24. The molecule has 0 aliphatic carbocycles. The minimum atomic E-state index is -0.00457. The highest BCUT2D eigenvalue weighted by Crippen LogP contribution is 2.31. The summed E-state index contributed by atoms with van der Waals surface area (Å²) in [5.74, 6) is 0.855. The molecule has 0 radical (unpaired) electrons. The van der Waals surface area contributed by atoms with Gasteiger partial charge in [0.15, 0.2) is 5.82 Å². The molecular formula is C23H29ClN6O. The number of methoxy groups -OCH3 is 1. The van der Waals surface area contributed by atoms with Crippen molar-refractivity contribution in [2.75, 3.05) is 44.8 Å². The molecule has 0 N–H and O–H groups in total. The number of aryl methyl sites for hydroxylation is 2. The molecule has 3 aromatic rings. The van der Waals surface area contributed by atoms with Crippen LogP contribution in [0.5, 0.6) is 0 Å². The number of ether oxygens (including phenoxy) is 1. The predicted molar refractivity (Wildman–Crippen MR) is 123 cm³/mol. The van der Waals surface area contributed by atoms with Crippen LogP contribution in [-0.4, -0.2) is 65.0 Å². The summed E-state index contributed by atoms with van der Waals surface area (Å²) >= 11 is 6.26. The Labute approximate surface area is 188 Å². The molecule has 1 fully saturated rings. The van der Waals surface area contributed by atoms with Gasteiger partial charge in [0.25, 0.3) is 0 Å². The van der Waals surface area contributed by atoms with E-state index in [0.29, 0.717) is 13.2 Å². The predicted octanol–water partition coefficient (Wildman–Crippen LogP) is 3.50. The van der Waals surface area contributed by atoms with Crippen LogP contribution in [-0.2, 0) is 11.3 Å². The van der Waals surface area contributed by atoms with Gasteiger partial charge in [-0.15, -0.1) is 5.10 Å². The highest BCUT2D eigenvalue weighted by Gasteiger charge is 2.31. The number of benzene rings is 2. The van der Waals surface area contributed by atoms with Crippen LogP contribution < -0.4 is 4.90 Å². The molecule has 0 saturated carbocycles. The van der Waals surface area contributed by atoms with Gasteiger partial charge in [0.05, 0.1) is 19.2 Å². The molecule has 31 heavy (non-hydrogen) atoms. The second kappa shape index (κ2) is 9.77. The van der Waals surface area contributed by atoms with Crippen LogP contribution >= 0.6 is 11.6 Å². The van der Waals surface area contributed by atoms with E-state index in [1.165, 1.54) is 22.4 Å². The zero-order valence-corrected chi connectivity index (χ0v) is 19.1. The Hall–Kier alpha value is -2.48. The van der Waals surface area contributed by atoms with Crippen LogP contribution in [0.15, 0.2) is 42.5 Å². The van der Waals surface area contributed by atoms with E-state index in [9.17, 15) is 0 Å². The lowest BCUT2D eigenvalue weighted by Crippen LogP contribution is -2.48. The van der Waals surface area contributed by atoms with Gasteiger partial charge < -0.3 is 9.64 Å². The maximum Gasteiger partial charge on any atom is 0.173 e. The van der Waals surface area contributed by atoms with Crippen molar-refractivity contribution in [1.82, 2.24) is 25.1 Å². The number of hydrogen-bond donors (Lipinski definition) is 0. The Kier molecular flexibility index (Phi) is 6.85. The first-order chi connectivity index (χ1) is 15.1. The van der Waals surface area contributed by atoms with E-state index < -0.39 is 0 Å². The van der Waals surface area contributed by atoms with Gasteiger partial charge in [-0.05, 0) is 47.5 Å². The number of anilines is 1. The fourth-order valence-corrected chi connectivity index (χ4v) is 4.33. The first kappa shape index (κ1) is 21.7. The normalized spacial score (nSPS) is 15.9. The summed E-state index contributed by atoms with van der Waals surface area (Å²) in [7, 11) is 1.69. The minimum Gasteiger partial charge on any atom is -0.383 e. The van der Waals surface area contributed by atoms with Crippen molar-refractivity contribution in [3.8, 4) is 0 Å². The zero-order valence-electron chi connectivity index (χ0n) is 18.3. The Morgan fingerprint density at radius 3 is 2.48 bits per heavy atom. The van der Waals surface area contributed by atoms with Crippen LogP contribution in [0.2, 0.25) is 5.02 Å². The summed E-state index contributed by atoms with van der Waals surface area (Å²) in [5.41, 5.74) is 4.90. The third-order valence-electron chi connectivity index (χ3n) is 5.90. The van der Waals surface area contributed by atoms with Crippen LogP contribution in [0.3, 0.4) is 0 Å². The number of piperazine rings is 1. The van der Waals surface area contributed by atoms with Crippen LogP contribution in [0, 0.1) is 13.8 Å². The standard InChI is InChI=1S/C23H29ClN6O/c1-17-4-7-19(8-5-17)22(23-25-26-27-30(23)14-15-31-3)29-12-10-28(11-13-29)21-16-20(24)9-6-18(21)2/h4-9,16,22H,10-15H2,1-3H3. The molecule has 1 aliphatic heterocycles. The largest absolute Gasteiger partial charge is 0.383 e. The molecule has 1 unspecified atom stereocenters. The van der Waals surface area contributed by atoms with Crippen molar-refractivity contribution in [3.63, 3.8) is 0 Å².